The topological polar surface area (TPSA) is 58.6 Å². The van der Waals surface area contributed by atoms with Crippen LogP contribution >= 0.6 is 0 Å². The molecule has 1 atom stereocenters. The number of morpholine rings is 1. The number of sulfonamides is 1. The predicted octanol–water partition coefficient (Wildman–Crippen LogP) is 2.14. The summed E-state index contributed by atoms with van der Waals surface area (Å²) < 4.78 is 33.1. The van der Waals surface area contributed by atoms with Crippen LogP contribution in [0.2, 0.25) is 0 Å². The Bertz CT molecular complexity index is 590. The molecule has 6 heteroatoms. The Morgan fingerprint density at radius 2 is 1.95 bits per heavy atom. The van der Waals surface area contributed by atoms with Crippen LogP contribution < -0.4 is 5.32 Å². The van der Waals surface area contributed by atoms with Crippen molar-refractivity contribution in [3.63, 3.8) is 0 Å². The van der Waals surface area contributed by atoms with Gasteiger partial charge < -0.3 is 10.1 Å². The van der Waals surface area contributed by atoms with Crippen LogP contribution in [0.15, 0.2) is 17.0 Å². The molecule has 1 aliphatic heterocycles. The van der Waals surface area contributed by atoms with Crippen LogP contribution in [0.3, 0.4) is 0 Å². The molecule has 1 heterocycles. The van der Waals surface area contributed by atoms with Crippen LogP contribution in [0.4, 0.5) is 5.69 Å². The van der Waals surface area contributed by atoms with E-state index in [1.807, 2.05) is 40.0 Å². The molecular weight excluding hydrogens is 288 g/mol. The predicted molar refractivity (Wildman–Crippen MR) is 84.3 cm³/mol. The highest BCUT2D eigenvalue weighted by molar-refractivity contribution is 7.89. The van der Waals surface area contributed by atoms with Crippen molar-refractivity contribution in [2.45, 2.75) is 38.1 Å². The summed E-state index contributed by atoms with van der Waals surface area (Å²) in [6.45, 7) is 7.05. The maximum Gasteiger partial charge on any atom is 0.244 e. The van der Waals surface area contributed by atoms with E-state index in [9.17, 15) is 8.42 Å². The minimum atomic E-state index is -3.48. The SMILES string of the molecule is CCC1COCCN1S(=O)(=O)c1c(C)cc(NC)cc1C. The number of nitrogens with zero attached hydrogens (tertiary/aromatic N) is 1. The maximum absolute atomic E-state index is 13.0. The van der Waals surface area contributed by atoms with E-state index in [1.54, 1.807) is 4.31 Å². The summed E-state index contributed by atoms with van der Waals surface area (Å²) in [4.78, 5) is 0.432. The van der Waals surface area contributed by atoms with Gasteiger partial charge in [-0.25, -0.2) is 8.42 Å². The van der Waals surface area contributed by atoms with Crippen LogP contribution in [0.25, 0.3) is 0 Å². The second-order valence-electron chi connectivity index (χ2n) is 5.44. The Morgan fingerprint density at radius 1 is 1.33 bits per heavy atom. The van der Waals surface area contributed by atoms with Gasteiger partial charge in [-0.15, -0.1) is 0 Å². The molecule has 1 aliphatic rings. The van der Waals surface area contributed by atoms with E-state index < -0.39 is 10.0 Å². The fourth-order valence-corrected chi connectivity index (χ4v) is 4.98. The molecule has 5 nitrogen and oxygen atoms in total. The second-order valence-corrected chi connectivity index (χ2v) is 7.27. The zero-order chi connectivity index (χ0) is 15.6. The van der Waals surface area contributed by atoms with Gasteiger partial charge in [-0.1, -0.05) is 6.92 Å². The molecule has 1 aromatic carbocycles. The molecule has 1 saturated heterocycles. The lowest BCUT2D eigenvalue weighted by Crippen LogP contribution is -2.48. The van der Waals surface area contributed by atoms with Gasteiger partial charge in [0, 0.05) is 25.3 Å². The van der Waals surface area contributed by atoms with E-state index in [2.05, 4.69) is 5.32 Å². The smallest absolute Gasteiger partial charge is 0.244 e. The summed E-state index contributed by atoms with van der Waals surface area (Å²) in [6.07, 6.45) is 0.756. The first-order valence-electron chi connectivity index (χ1n) is 7.30. The van der Waals surface area contributed by atoms with E-state index in [4.69, 9.17) is 4.74 Å². The van der Waals surface area contributed by atoms with Crippen molar-refractivity contribution in [2.24, 2.45) is 0 Å². The zero-order valence-corrected chi connectivity index (χ0v) is 14.0. The minimum Gasteiger partial charge on any atom is -0.388 e. The second kappa shape index (κ2) is 6.34. The molecule has 118 valence electrons. The van der Waals surface area contributed by atoms with E-state index in [0.717, 1.165) is 23.2 Å². The van der Waals surface area contributed by atoms with Gasteiger partial charge in [-0.2, -0.15) is 4.31 Å². The Kier molecular flexibility index (Phi) is 4.91. The average Bonchev–Trinajstić information content (AvgIpc) is 2.46. The zero-order valence-electron chi connectivity index (χ0n) is 13.1. The van der Waals surface area contributed by atoms with E-state index >= 15 is 0 Å². The number of benzene rings is 1. The minimum absolute atomic E-state index is 0.0773. The summed E-state index contributed by atoms with van der Waals surface area (Å²) in [7, 11) is -1.65. The van der Waals surface area contributed by atoms with Crippen LogP contribution in [-0.2, 0) is 14.8 Å². The highest BCUT2D eigenvalue weighted by Gasteiger charge is 2.34. The first-order valence-corrected chi connectivity index (χ1v) is 8.74. The molecule has 0 aliphatic carbocycles. The van der Waals surface area contributed by atoms with Crippen molar-refractivity contribution in [1.82, 2.24) is 4.31 Å². The monoisotopic (exact) mass is 312 g/mol. The van der Waals surface area contributed by atoms with Crippen molar-refractivity contribution < 1.29 is 13.2 Å². The third-order valence-electron chi connectivity index (χ3n) is 3.96. The van der Waals surface area contributed by atoms with Crippen molar-refractivity contribution in [3.8, 4) is 0 Å². The fraction of sp³-hybridized carbons (Fsp3) is 0.600. The van der Waals surface area contributed by atoms with Crippen molar-refractivity contribution in [1.29, 1.82) is 0 Å². The Morgan fingerprint density at radius 3 is 2.48 bits per heavy atom. The fourth-order valence-electron chi connectivity index (χ4n) is 2.90. The highest BCUT2D eigenvalue weighted by atomic mass is 32.2. The third-order valence-corrected chi connectivity index (χ3v) is 6.22. The molecule has 0 spiro atoms. The molecule has 21 heavy (non-hydrogen) atoms. The maximum atomic E-state index is 13.0. The molecular formula is C15H24N2O3S. The van der Waals surface area contributed by atoms with Crippen molar-refractivity contribution >= 4 is 15.7 Å². The summed E-state index contributed by atoms with van der Waals surface area (Å²) >= 11 is 0. The van der Waals surface area contributed by atoms with Crippen molar-refractivity contribution in [2.75, 3.05) is 32.1 Å². The number of hydrogen-bond acceptors (Lipinski definition) is 4. The van der Waals surface area contributed by atoms with Gasteiger partial charge >= 0.3 is 0 Å². The van der Waals surface area contributed by atoms with E-state index in [0.29, 0.717) is 24.7 Å². The van der Waals surface area contributed by atoms with Crippen LogP contribution in [-0.4, -0.2) is 45.6 Å². The Balaban J connectivity index is 2.48. The Hall–Kier alpha value is -1.11. The van der Waals surface area contributed by atoms with E-state index in [-0.39, 0.29) is 6.04 Å². The van der Waals surface area contributed by atoms with Gasteiger partial charge in [0.1, 0.15) is 0 Å². The number of anilines is 1. The molecule has 0 radical (unpaired) electrons. The number of rotatable bonds is 4. The third kappa shape index (κ3) is 3.07. The van der Waals surface area contributed by atoms with E-state index in [1.165, 1.54) is 0 Å². The van der Waals surface area contributed by atoms with Gasteiger partial charge in [-0.05, 0) is 43.5 Å². The first-order chi connectivity index (χ1) is 9.91. The molecule has 1 fully saturated rings. The summed E-state index contributed by atoms with van der Waals surface area (Å²) in [5.41, 5.74) is 2.49. The molecule has 0 bridgehead atoms. The van der Waals surface area contributed by atoms with Crippen LogP contribution in [0.5, 0.6) is 0 Å². The average molecular weight is 312 g/mol. The summed E-state index contributed by atoms with van der Waals surface area (Å²) in [5, 5.41) is 3.06. The first kappa shape index (κ1) is 16.3. The standard InChI is InChI=1S/C15H24N2O3S/c1-5-14-10-20-7-6-17(14)21(18,19)15-11(2)8-13(16-4)9-12(15)3/h8-9,14,16H,5-7,10H2,1-4H3. The Labute approximate surface area is 127 Å². The van der Waals surface area contributed by atoms with Crippen LogP contribution in [0, 0.1) is 13.8 Å². The van der Waals surface area contributed by atoms with Gasteiger partial charge in [0.25, 0.3) is 0 Å². The number of ether oxygens (including phenoxy) is 1. The van der Waals surface area contributed by atoms with Crippen LogP contribution in [0.1, 0.15) is 24.5 Å². The molecule has 1 aromatic rings. The molecule has 0 aromatic heterocycles. The number of hydrogen-bond donors (Lipinski definition) is 1. The quantitative estimate of drug-likeness (QED) is 0.925. The lowest BCUT2D eigenvalue weighted by atomic mass is 10.1. The van der Waals surface area contributed by atoms with Gasteiger partial charge in [0.15, 0.2) is 0 Å². The number of nitrogens with one attached hydrogen (secondary N) is 1. The molecule has 1 N–H and O–H groups in total. The summed E-state index contributed by atoms with van der Waals surface area (Å²) in [6, 6.07) is 3.68. The largest absolute Gasteiger partial charge is 0.388 e. The normalized spacial score (nSPS) is 20.5. The molecule has 0 amide bonds. The van der Waals surface area contributed by atoms with Gasteiger partial charge in [0.05, 0.1) is 18.1 Å². The molecule has 0 saturated carbocycles. The summed E-state index contributed by atoms with van der Waals surface area (Å²) in [5.74, 6) is 0. The lowest BCUT2D eigenvalue weighted by Gasteiger charge is -2.34. The molecule has 1 unspecified atom stereocenters. The van der Waals surface area contributed by atoms with Crippen molar-refractivity contribution in [3.05, 3.63) is 23.3 Å². The number of aryl methyl sites for hydroxylation is 2. The molecule has 2 rings (SSSR count). The van der Waals surface area contributed by atoms with Gasteiger partial charge in [0.2, 0.25) is 10.0 Å². The van der Waals surface area contributed by atoms with Gasteiger partial charge in [-0.3, -0.25) is 0 Å². The highest BCUT2D eigenvalue weighted by Crippen LogP contribution is 2.29. The lowest BCUT2D eigenvalue weighted by molar-refractivity contribution is 0.0314.